The van der Waals surface area contributed by atoms with Gasteiger partial charge < -0.3 is 10.6 Å². The van der Waals surface area contributed by atoms with E-state index in [1.807, 2.05) is 0 Å². The Balaban J connectivity index is 1.25. The van der Waals surface area contributed by atoms with Crippen molar-refractivity contribution in [3.8, 4) is 0 Å². The number of hydrogen-bond donors (Lipinski definition) is 2. The first kappa shape index (κ1) is 13.1. The molecule has 0 saturated heterocycles. The van der Waals surface area contributed by atoms with Crippen LogP contribution in [-0.2, 0) is 4.79 Å². The van der Waals surface area contributed by atoms with Crippen molar-refractivity contribution in [2.24, 2.45) is 23.2 Å². The highest BCUT2D eigenvalue weighted by Gasteiger charge is 2.50. The number of carbonyl (C=O) groups is 1. The minimum atomic E-state index is 0.258. The van der Waals surface area contributed by atoms with E-state index in [1.54, 1.807) is 0 Å². The van der Waals surface area contributed by atoms with Gasteiger partial charge in [0.1, 0.15) is 0 Å². The molecular weight excluding hydrogens is 248 g/mol. The van der Waals surface area contributed by atoms with Gasteiger partial charge in [-0.15, -0.1) is 0 Å². The second-order valence-corrected chi connectivity index (χ2v) is 8.17. The summed E-state index contributed by atoms with van der Waals surface area (Å²) in [5.41, 5.74) is 0.480. The normalized spacial score (nSPS) is 41.9. The highest BCUT2D eigenvalue weighted by Crippen LogP contribution is 2.59. The Bertz CT molecular complexity index is 353. The summed E-state index contributed by atoms with van der Waals surface area (Å²) in [5.74, 6) is 3.20. The highest BCUT2D eigenvalue weighted by molar-refractivity contribution is 5.76. The lowest BCUT2D eigenvalue weighted by atomic mass is 9.49. The maximum absolute atomic E-state index is 12.0. The van der Waals surface area contributed by atoms with Gasteiger partial charge in [-0.25, -0.2) is 0 Å². The van der Waals surface area contributed by atoms with E-state index < -0.39 is 0 Å². The van der Waals surface area contributed by atoms with Gasteiger partial charge in [-0.2, -0.15) is 0 Å². The van der Waals surface area contributed by atoms with Gasteiger partial charge in [0.15, 0.2) is 0 Å². The summed E-state index contributed by atoms with van der Waals surface area (Å²) in [6.07, 6.45) is 11.9. The molecule has 0 aromatic rings. The predicted molar refractivity (Wildman–Crippen MR) is 79.3 cm³/mol. The van der Waals surface area contributed by atoms with Gasteiger partial charge in [-0.1, -0.05) is 0 Å². The van der Waals surface area contributed by atoms with E-state index in [0.29, 0.717) is 17.9 Å². The summed E-state index contributed by atoms with van der Waals surface area (Å²) in [6.45, 7) is 1.82. The molecule has 3 heteroatoms. The van der Waals surface area contributed by atoms with E-state index in [1.165, 1.54) is 51.4 Å². The SMILES string of the molecule is O=C(CCNC1CC1)NCC12CC3CC(CC(C3)C1)C2. The predicted octanol–water partition coefficient (Wildman–Crippen LogP) is 2.46. The van der Waals surface area contributed by atoms with Crippen molar-refractivity contribution in [1.82, 2.24) is 10.6 Å². The summed E-state index contributed by atoms with van der Waals surface area (Å²) in [6, 6.07) is 0.714. The average Bonchev–Trinajstić information content (AvgIpc) is 3.19. The number of nitrogens with one attached hydrogen (secondary N) is 2. The molecule has 5 fully saturated rings. The molecule has 0 aliphatic heterocycles. The molecule has 5 aliphatic carbocycles. The molecule has 3 nitrogen and oxygen atoms in total. The Hall–Kier alpha value is -0.570. The van der Waals surface area contributed by atoms with Crippen LogP contribution in [0, 0.1) is 23.2 Å². The van der Waals surface area contributed by atoms with Crippen LogP contribution in [0.1, 0.15) is 57.8 Å². The smallest absolute Gasteiger partial charge is 0.221 e. The summed E-state index contributed by atoms with van der Waals surface area (Å²) in [5, 5.41) is 6.68. The van der Waals surface area contributed by atoms with Gasteiger partial charge >= 0.3 is 0 Å². The molecule has 4 bridgehead atoms. The summed E-state index contributed by atoms with van der Waals surface area (Å²) in [7, 11) is 0. The molecule has 112 valence electrons. The molecule has 0 unspecified atom stereocenters. The molecule has 0 aromatic carbocycles. The van der Waals surface area contributed by atoms with Crippen molar-refractivity contribution < 1.29 is 4.79 Å². The maximum Gasteiger partial charge on any atom is 0.221 e. The highest BCUT2D eigenvalue weighted by atomic mass is 16.1. The van der Waals surface area contributed by atoms with Crippen LogP contribution >= 0.6 is 0 Å². The van der Waals surface area contributed by atoms with Gasteiger partial charge in [0, 0.05) is 25.6 Å². The van der Waals surface area contributed by atoms with Gasteiger partial charge in [-0.3, -0.25) is 4.79 Å². The lowest BCUT2D eigenvalue weighted by Crippen LogP contribution is -2.51. The van der Waals surface area contributed by atoms with Crippen molar-refractivity contribution in [3.63, 3.8) is 0 Å². The van der Waals surface area contributed by atoms with E-state index in [9.17, 15) is 4.79 Å². The molecule has 0 atom stereocenters. The third-order valence-corrected chi connectivity index (χ3v) is 6.19. The monoisotopic (exact) mass is 276 g/mol. The summed E-state index contributed by atoms with van der Waals surface area (Å²) >= 11 is 0. The fraction of sp³-hybridized carbons (Fsp3) is 0.941. The Labute approximate surface area is 122 Å². The van der Waals surface area contributed by atoms with Gasteiger partial charge in [0.05, 0.1) is 0 Å². The van der Waals surface area contributed by atoms with Crippen molar-refractivity contribution in [1.29, 1.82) is 0 Å². The lowest BCUT2D eigenvalue weighted by Gasteiger charge is -2.56. The van der Waals surface area contributed by atoms with Crippen LogP contribution in [0.4, 0.5) is 0 Å². The Kier molecular flexibility index (Phi) is 3.29. The third kappa shape index (κ3) is 2.74. The second kappa shape index (κ2) is 5.01. The molecule has 1 amide bonds. The number of carbonyl (C=O) groups excluding carboxylic acids is 1. The average molecular weight is 276 g/mol. The molecule has 5 aliphatic rings. The van der Waals surface area contributed by atoms with Crippen molar-refractivity contribution >= 4 is 5.91 Å². The molecule has 0 radical (unpaired) electrons. The molecule has 0 spiro atoms. The Morgan fingerprint density at radius 3 is 2.15 bits per heavy atom. The summed E-state index contributed by atoms with van der Waals surface area (Å²) < 4.78 is 0. The van der Waals surface area contributed by atoms with Crippen LogP contribution < -0.4 is 10.6 Å². The van der Waals surface area contributed by atoms with E-state index in [2.05, 4.69) is 10.6 Å². The number of amides is 1. The molecule has 5 saturated carbocycles. The molecule has 0 heterocycles. The number of hydrogen-bond acceptors (Lipinski definition) is 2. The fourth-order valence-corrected chi connectivity index (χ4v) is 5.56. The van der Waals surface area contributed by atoms with E-state index in [0.717, 1.165) is 30.8 Å². The topological polar surface area (TPSA) is 41.1 Å². The van der Waals surface area contributed by atoms with Crippen molar-refractivity contribution in [3.05, 3.63) is 0 Å². The van der Waals surface area contributed by atoms with Gasteiger partial charge in [-0.05, 0) is 74.5 Å². The van der Waals surface area contributed by atoms with Gasteiger partial charge in [0.2, 0.25) is 5.91 Å². The minimum Gasteiger partial charge on any atom is -0.356 e. The molecule has 0 aromatic heterocycles. The molecular formula is C17H28N2O. The molecule has 5 rings (SSSR count). The zero-order valence-electron chi connectivity index (χ0n) is 12.5. The number of rotatable bonds is 6. The zero-order chi connectivity index (χ0) is 13.6. The molecule has 20 heavy (non-hydrogen) atoms. The summed E-state index contributed by atoms with van der Waals surface area (Å²) in [4.78, 5) is 12.0. The standard InChI is InChI=1S/C17H28N2O/c20-16(3-4-18-15-1-2-15)19-11-17-8-12-5-13(9-17)7-14(6-12)10-17/h12-15,18H,1-11H2,(H,19,20). The first-order valence-electron chi connectivity index (χ1n) is 8.71. The van der Waals surface area contributed by atoms with Crippen LogP contribution in [0.2, 0.25) is 0 Å². The van der Waals surface area contributed by atoms with Crippen molar-refractivity contribution in [2.75, 3.05) is 13.1 Å². The van der Waals surface area contributed by atoms with Crippen LogP contribution in [0.5, 0.6) is 0 Å². The Morgan fingerprint density at radius 1 is 1.00 bits per heavy atom. The van der Waals surface area contributed by atoms with Crippen molar-refractivity contribution in [2.45, 2.75) is 63.8 Å². The third-order valence-electron chi connectivity index (χ3n) is 6.19. The fourth-order valence-electron chi connectivity index (χ4n) is 5.56. The second-order valence-electron chi connectivity index (χ2n) is 8.17. The Morgan fingerprint density at radius 2 is 1.60 bits per heavy atom. The van der Waals surface area contributed by atoms with Crippen LogP contribution in [-0.4, -0.2) is 25.0 Å². The van der Waals surface area contributed by atoms with Crippen LogP contribution in [0.25, 0.3) is 0 Å². The van der Waals surface area contributed by atoms with Gasteiger partial charge in [0.25, 0.3) is 0 Å². The van der Waals surface area contributed by atoms with E-state index >= 15 is 0 Å². The largest absolute Gasteiger partial charge is 0.356 e. The maximum atomic E-state index is 12.0. The van der Waals surface area contributed by atoms with Crippen LogP contribution in [0.15, 0.2) is 0 Å². The zero-order valence-corrected chi connectivity index (χ0v) is 12.5. The van der Waals surface area contributed by atoms with Crippen LogP contribution in [0.3, 0.4) is 0 Å². The van der Waals surface area contributed by atoms with E-state index in [4.69, 9.17) is 0 Å². The van der Waals surface area contributed by atoms with E-state index in [-0.39, 0.29) is 5.91 Å². The molecule has 2 N–H and O–H groups in total. The quantitative estimate of drug-likeness (QED) is 0.782. The first-order chi connectivity index (χ1) is 9.71. The first-order valence-corrected chi connectivity index (χ1v) is 8.71. The minimum absolute atomic E-state index is 0.258. The lowest BCUT2D eigenvalue weighted by molar-refractivity contribution is -0.123.